The van der Waals surface area contributed by atoms with Gasteiger partial charge in [-0.1, -0.05) is 23.7 Å². The van der Waals surface area contributed by atoms with E-state index in [2.05, 4.69) is 10.3 Å². The van der Waals surface area contributed by atoms with E-state index in [0.717, 1.165) is 4.90 Å². The molecule has 2 aromatic carbocycles. The van der Waals surface area contributed by atoms with E-state index in [1.54, 1.807) is 42.5 Å². The topological polar surface area (TPSA) is 92.5 Å². The van der Waals surface area contributed by atoms with E-state index < -0.39 is 24.3 Å². The predicted octanol–water partition coefficient (Wildman–Crippen LogP) is 2.72. The largest absolute Gasteiger partial charge is 0.423 e. The van der Waals surface area contributed by atoms with E-state index in [0.29, 0.717) is 16.1 Å². The van der Waals surface area contributed by atoms with Gasteiger partial charge in [0.15, 0.2) is 5.58 Å². The zero-order valence-electron chi connectivity index (χ0n) is 12.7. The lowest BCUT2D eigenvalue weighted by Crippen LogP contribution is -2.37. The van der Waals surface area contributed by atoms with Gasteiger partial charge in [0.1, 0.15) is 12.1 Å². The molecule has 3 amide bonds. The van der Waals surface area contributed by atoms with Crippen molar-refractivity contribution in [3.63, 3.8) is 0 Å². The van der Waals surface area contributed by atoms with Crippen molar-refractivity contribution in [3.05, 3.63) is 58.6 Å². The van der Waals surface area contributed by atoms with E-state index in [-0.39, 0.29) is 17.1 Å². The molecule has 0 fully saturated rings. The van der Waals surface area contributed by atoms with E-state index in [1.807, 2.05) is 0 Å². The summed E-state index contributed by atoms with van der Waals surface area (Å²) in [6.45, 7) is -0.425. The van der Waals surface area contributed by atoms with Gasteiger partial charge in [-0.3, -0.25) is 24.6 Å². The molecule has 8 heteroatoms. The fraction of sp³-hybridized carbons (Fsp3) is 0.0588. The lowest BCUT2D eigenvalue weighted by Gasteiger charge is -2.12. The summed E-state index contributed by atoms with van der Waals surface area (Å²) in [4.78, 5) is 41.6. The van der Waals surface area contributed by atoms with Gasteiger partial charge < -0.3 is 4.42 Å². The molecule has 1 N–H and O–H groups in total. The number of aromatic nitrogens is 1. The third-order valence-electron chi connectivity index (χ3n) is 3.78. The number of carbonyl (C=O) groups is 3. The van der Waals surface area contributed by atoms with Crippen LogP contribution in [0, 0.1) is 0 Å². The molecule has 0 saturated heterocycles. The van der Waals surface area contributed by atoms with Gasteiger partial charge in [0.05, 0.1) is 11.1 Å². The number of carbonyl (C=O) groups excluding carboxylic acids is 3. The first-order valence-corrected chi connectivity index (χ1v) is 7.72. The minimum atomic E-state index is -0.591. The van der Waals surface area contributed by atoms with Crippen molar-refractivity contribution in [2.75, 3.05) is 11.9 Å². The van der Waals surface area contributed by atoms with Crippen LogP contribution in [0.25, 0.3) is 11.1 Å². The number of hydrogen-bond acceptors (Lipinski definition) is 5. The van der Waals surface area contributed by atoms with Gasteiger partial charge in [0.25, 0.3) is 11.8 Å². The van der Waals surface area contributed by atoms with Crippen molar-refractivity contribution < 1.29 is 18.8 Å². The Morgan fingerprint density at radius 3 is 2.48 bits per heavy atom. The normalized spacial score (nSPS) is 13.4. The van der Waals surface area contributed by atoms with Gasteiger partial charge >= 0.3 is 6.01 Å². The summed E-state index contributed by atoms with van der Waals surface area (Å²) in [6, 6.07) is 11.3. The number of hydrogen-bond donors (Lipinski definition) is 1. The number of nitrogens with one attached hydrogen (secondary N) is 1. The van der Waals surface area contributed by atoms with Crippen molar-refractivity contribution in [1.29, 1.82) is 0 Å². The lowest BCUT2D eigenvalue weighted by atomic mass is 10.1. The van der Waals surface area contributed by atoms with Crippen LogP contribution in [0.15, 0.2) is 46.9 Å². The lowest BCUT2D eigenvalue weighted by molar-refractivity contribution is -0.116. The fourth-order valence-electron chi connectivity index (χ4n) is 2.64. The van der Waals surface area contributed by atoms with Gasteiger partial charge in [-0.15, -0.1) is 0 Å². The van der Waals surface area contributed by atoms with Crippen molar-refractivity contribution in [1.82, 2.24) is 9.88 Å². The van der Waals surface area contributed by atoms with Gasteiger partial charge in [0.2, 0.25) is 5.91 Å². The van der Waals surface area contributed by atoms with Gasteiger partial charge in [-0.2, -0.15) is 4.98 Å². The molecule has 0 bridgehead atoms. The average molecular weight is 356 g/mol. The highest BCUT2D eigenvalue weighted by Crippen LogP contribution is 2.24. The second kappa shape index (κ2) is 5.71. The Bertz CT molecular complexity index is 1010. The highest BCUT2D eigenvalue weighted by Gasteiger charge is 2.36. The van der Waals surface area contributed by atoms with E-state index in [4.69, 9.17) is 16.0 Å². The number of benzene rings is 2. The monoisotopic (exact) mass is 355 g/mol. The summed E-state index contributed by atoms with van der Waals surface area (Å²) < 4.78 is 5.38. The minimum Gasteiger partial charge on any atom is -0.423 e. The van der Waals surface area contributed by atoms with Crippen LogP contribution < -0.4 is 5.32 Å². The van der Waals surface area contributed by atoms with Crippen LogP contribution in [0.1, 0.15) is 20.7 Å². The summed E-state index contributed by atoms with van der Waals surface area (Å²) in [5.41, 5.74) is 1.53. The van der Waals surface area contributed by atoms with Crippen molar-refractivity contribution >= 4 is 46.4 Å². The van der Waals surface area contributed by atoms with Crippen LogP contribution in [-0.2, 0) is 4.79 Å². The Morgan fingerprint density at radius 2 is 1.80 bits per heavy atom. The molecule has 2 heterocycles. The molecular weight excluding hydrogens is 346 g/mol. The average Bonchev–Trinajstić information content (AvgIpc) is 3.09. The number of imide groups is 1. The first-order valence-electron chi connectivity index (χ1n) is 7.34. The Balaban J connectivity index is 1.51. The highest BCUT2D eigenvalue weighted by atomic mass is 35.5. The van der Waals surface area contributed by atoms with Crippen LogP contribution in [0.5, 0.6) is 0 Å². The van der Waals surface area contributed by atoms with E-state index in [9.17, 15) is 14.4 Å². The zero-order chi connectivity index (χ0) is 17.6. The summed E-state index contributed by atoms with van der Waals surface area (Å²) in [6.07, 6.45) is 0. The van der Waals surface area contributed by atoms with Crippen LogP contribution in [0.2, 0.25) is 5.02 Å². The maximum absolute atomic E-state index is 12.2. The third kappa shape index (κ3) is 2.64. The van der Waals surface area contributed by atoms with Crippen molar-refractivity contribution in [2.24, 2.45) is 0 Å². The molecule has 0 radical (unpaired) electrons. The van der Waals surface area contributed by atoms with Crippen molar-refractivity contribution in [3.8, 4) is 0 Å². The molecular formula is C17H10ClN3O4. The number of anilines is 1. The number of halogens is 1. The molecule has 1 aliphatic heterocycles. The standard InChI is InChI=1S/C17H10ClN3O4/c18-9-5-6-13-12(7-9)19-17(25-13)20-14(22)8-21-15(23)10-3-1-2-4-11(10)16(21)24/h1-7H,8H2,(H,19,20,22). The predicted molar refractivity (Wildman–Crippen MR) is 89.5 cm³/mol. The summed E-state index contributed by atoms with van der Waals surface area (Å²) in [5.74, 6) is -1.59. The highest BCUT2D eigenvalue weighted by molar-refractivity contribution is 6.31. The van der Waals surface area contributed by atoms with Gasteiger partial charge in [-0.05, 0) is 30.3 Å². The van der Waals surface area contributed by atoms with Crippen molar-refractivity contribution in [2.45, 2.75) is 0 Å². The smallest absolute Gasteiger partial charge is 0.302 e. The van der Waals surface area contributed by atoms with E-state index in [1.165, 1.54) is 0 Å². The minimum absolute atomic E-state index is 0.0288. The molecule has 124 valence electrons. The number of amides is 3. The Hall–Kier alpha value is -3.19. The Morgan fingerprint density at radius 1 is 1.12 bits per heavy atom. The first-order chi connectivity index (χ1) is 12.0. The molecule has 0 aliphatic carbocycles. The quantitative estimate of drug-likeness (QED) is 0.729. The van der Waals surface area contributed by atoms with Crippen LogP contribution >= 0.6 is 11.6 Å². The van der Waals surface area contributed by atoms with Gasteiger partial charge in [0, 0.05) is 5.02 Å². The first kappa shape index (κ1) is 15.3. The molecule has 0 atom stereocenters. The molecule has 0 spiro atoms. The van der Waals surface area contributed by atoms with Crippen LogP contribution in [-0.4, -0.2) is 34.2 Å². The number of nitrogens with zero attached hydrogens (tertiary/aromatic N) is 2. The number of rotatable bonds is 3. The molecule has 3 aromatic rings. The summed E-state index contributed by atoms with van der Waals surface area (Å²) in [5, 5.41) is 2.93. The second-order valence-corrected chi connectivity index (χ2v) is 5.86. The van der Waals surface area contributed by atoms with Crippen LogP contribution in [0.3, 0.4) is 0 Å². The van der Waals surface area contributed by atoms with Crippen LogP contribution in [0.4, 0.5) is 6.01 Å². The molecule has 1 aromatic heterocycles. The SMILES string of the molecule is O=C(CN1C(=O)c2ccccc2C1=O)Nc1nc2cc(Cl)ccc2o1. The molecule has 1 aliphatic rings. The molecule has 25 heavy (non-hydrogen) atoms. The molecule has 0 unspecified atom stereocenters. The summed E-state index contributed by atoms with van der Waals surface area (Å²) in [7, 11) is 0. The molecule has 4 rings (SSSR count). The molecule has 0 saturated carbocycles. The molecule has 7 nitrogen and oxygen atoms in total. The van der Waals surface area contributed by atoms with Gasteiger partial charge in [-0.25, -0.2) is 0 Å². The maximum Gasteiger partial charge on any atom is 0.302 e. The second-order valence-electron chi connectivity index (χ2n) is 5.42. The Labute approximate surface area is 146 Å². The van der Waals surface area contributed by atoms with E-state index >= 15 is 0 Å². The summed E-state index contributed by atoms with van der Waals surface area (Å²) >= 11 is 5.87. The third-order valence-corrected chi connectivity index (χ3v) is 4.01. The number of oxazole rings is 1. The number of fused-ring (bicyclic) bond motifs is 2. The fourth-order valence-corrected chi connectivity index (χ4v) is 2.81. The Kier molecular flexibility index (Phi) is 3.51. The zero-order valence-corrected chi connectivity index (χ0v) is 13.4. The maximum atomic E-state index is 12.2.